The average molecular weight is 166 g/mol. The van der Waals surface area contributed by atoms with E-state index in [1.54, 1.807) is 6.08 Å². The van der Waals surface area contributed by atoms with Gasteiger partial charge in [0.25, 0.3) is 0 Å². The van der Waals surface area contributed by atoms with Gasteiger partial charge in [-0.2, -0.15) is 0 Å². The van der Waals surface area contributed by atoms with Gasteiger partial charge in [-0.1, -0.05) is 44.7 Å². The Balaban J connectivity index is 0.000000461. The SMILES string of the molecule is C=Cc1ccccc1S.CC. The standard InChI is InChI=1S/C8H8S.C2H6/c1-2-7-5-3-4-6-8(7)9;1-2/h2-6,9H,1H2;1-2H3. The summed E-state index contributed by atoms with van der Waals surface area (Å²) in [5.74, 6) is 0. The zero-order valence-electron chi connectivity index (χ0n) is 7.04. The van der Waals surface area contributed by atoms with Gasteiger partial charge < -0.3 is 0 Å². The number of hydrogen-bond acceptors (Lipinski definition) is 1. The Morgan fingerprint density at radius 2 is 1.82 bits per heavy atom. The van der Waals surface area contributed by atoms with Crippen LogP contribution in [0, 0.1) is 0 Å². The minimum atomic E-state index is 0.979. The lowest BCUT2D eigenvalue weighted by atomic mass is 10.2. The predicted octanol–water partition coefficient (Wildman–Crippen LogP) is 3.64. The van der Waals surface area contributed by atoms with Crippen LogP contribution in [0.3, 0.4) is 0 Å². The highest BCUT2D eigenvalue weighted by Crippen LogP contribution is 2.12. The fourth-order valence-electron chi connectivity index (χ4n) is 0.660. The first-order valence-corrected chi connectivity index (χ1v) is 4.20. The van der Waals surface area contributed by atoms with Crippen molar-refractivity contribution in [3.05, 3.63) is 36.4 Å². The maximum absolute atomic E-state index is 4.21. The largest absolute Gasteiger partial charge is 0.143 e. The Kier molecular flexibility index (Phi) is 5.67. The van der Waals surface area contributed by atoms with Crippen LogP contribution in [0.25, 0.3) is 6.08 Å². The van der Waals surface area contributed by atoms with Gasteiger partial charge in [0.05, 0.1) is 0 Å². The van der Waals surface area contributed by atoms with Crippen LogP contribution in [0.15, 0.2) is 35.7 Å². The smallest absolute Gasteiger partial charge is 0.0112 e. The lowest BCUT2D eigenvalue weighted by molar-refractivity contribution is 1.44. The van der Waals surface area contributed by atoms with E-state index >= 15 is 0 Å². The van der Waals surface area contributed by atoms with Gasteiger partial charge in [-0.05, 0) is 11.6 Å². The van der Waals surface area contributed by atoms with Crippen LogP contribution in [0.1, 0.15) is 19.4 Å². The summed E-state index contributed by atoms with van der Waals surface area (Å²) in [5, 5.41) is 0. The summed E-state index contributed by atoms with van der Waals surface area (Å²) in [6.45, 7) is 7.64. The van der Waals surface area contributed by atoms with Crippen molar-refractivity contribution < 1.29 is 0 Å². The molecule has 0 spiro atoms. The van der Waals surface area contributed by atoms with E-state index in [4.69, 9.17) is 0 Å². The number of hydrogen-bond donors (Lipinski definition) is 1. The van der Waals surface area contributed by atoms with Gasteiger partial charge in [0.2, 0.25) is 0 Å². The zero-order valence-corrected chi connectivity index (χ0v) is 7.94. The molecule has 0 N–H and O–H groups in total. The van der Waals surface area contributed by atoms with Crippen molar-refractivity contribution in [1.82, 2.24) is 0 Å². The van der Waals surface area contributed by atoms with E-state index in [-0.39, 0.29) is 0 Å². The molecular weight excluding hydrogens is 152 g/mol. The Morgan fingerprint density at radius 1 is 1.27 bits per heavy atom. The van der Waals surface area contributed by atoms with Crippen molar-refractivity contribution in [2.24, 2.45) is 0 Å². The molecule has 0 radical (unpaired) electrons. The summed E-state index contributed by atoms with van der Waals surface area (Å²) in [6.07, 6.45) is 1.79. The first-order chi connectivity index (χ1) is 5.34. The summed E-state index contributed by atoms with van der Waals surface area (Å²) in [7, 11) is 0. The normalized spacial score (nSPS) is 7.91. The maximum Gasteiger partial charge on any atom is 0.0112 e. The molecule has 0 saturated heterocycles. The molecule has 11 heavy (non-hydrogen) atoms. The molecule has 1 aromatic carbocycles. The summed E-state index contributed by atoms with van der Waals surface area (Å²) in [4.78, 5) is 0.979. The number of thiol groups is 1. The molecule has 0 aliphatic rings. The van der Waals surface area contributed by atoms with Crippen LogP contribution >= 0.6 is 12.6 Å². The second-order valence-electron chi connectivity index (χ2n) is 1.76. The minimum Gasteiger partial charge on any atom is -0.143 e. The zero-order chi connectivity index (χ0) is 8.69. The van der Waals surface area contributed by atoms with Crippen molar-refractivity contribution >= 4 is 18.7 Å². The van der Waals surface area contributed by atoms with Gasteiger partial charge in [0.1, 0.15) is 0 Å². The van der Waals surface area contributed by atoms with Gasteiger partial charge in [0, 0.05) is 4.90 Å². The van der Waals surface area contributed by atoms with Crippen LogP contribution in [0.2, 0.25) is 0 Å². The molecule has 0 nitrogen and oxygen atoms in total. The quantitative estimate of drug-likeness (QED) is 0.605. The fourth-order valence-corrected chi connectivity index (χ4v) is 0.912. The molecule has 0 bridgehead atoms. The highest BCUT2D eigenvalue weighted by molar-refractivity contribution is 7.80. The van der Waals surface area contributed by atoms with E-state index in [0.29, 0.717) is 0 Å². The molecule has 0 amide bonds. The van der Waals surface area contributed by atoms with Crippen LogP contribution in [-0.2, 0) is 0 Å². The summed E-state index contributed by atoms with van der Waals surface area (Å²) in [5.41, 5.74) is 1.08. The third-order valence-electron chi connectivity index (χ3n) is 1.16. The number of rotatable bonds is 1. The first kappa shape index (κ1) is 10.3. The Bertz CT molecular complexity index is 216. The number of benzene rings is 1. The van der Waals surface area contributed by atoms with E-state index in [0.717, 1.165) is 10.5 Å². The highest BCUT2D eigenvalue weighted by Gasteiger charge is 1.87. The average Bonchev–Trinajstić information content (AvgIpc) is 2.09. The molecule has 0 saturated carbocycles. The molecule has 1 rings (SSSR count). The van der Waals surface area contributed by atoms with Gasteiger partial charge in [0.15, 0.2) is 0 Å². The van der Waals surface area contributed by atoms with Crippen molar-refractivity contribution in [2.75, 3.05) is 0 Å². The summed E-state index contributed by atoms with van der Waals surface area (Å²) < 4.78 is 0. The predicted molar refractivity (Wildman–Crippen MR) is 55.1 cm³/mol. The fraction of sp³-hybridized carbons (Fsp3) is 0.200. The second kappa shape index (κ2) is 6.05. The third kappa shape index (κ3) is 3.28. The molecule has 0 aromatic heterocycles. The minimum absolute atomic E-state index is 0.979. The van der Waals surface area contributed by atoms with E-state index in [2.05, 4.69) is 19.2 Å². The molecular formula is C10H14S. The van der Waals surface area contributed by atoms with Gasteiger partial charge in [-0.15, -0.1) is 12.6 Å². The van der Waals surface area contributed by atoms with Crippen LogP contribution in [0.4, 0.5) is 0 Å². The summed E-state index contributed by atoms with van der Waals surface area (Å²) in [6, 6.07) is 7.85. The molecule has 1 aromatic rings. The second-order valence-corrected chi connectivity index (χ2v) is 2.24. The molecule has 0 heterocycles. The van der Waals surface area contributed by atoms with E-state index in [9.17, 15) is 0 Å². The maximum atomic E-state index is 4.21. The van der Waals surface area contributed by atoms with E-state index < -0.39 is 0 Å². The first-order valence-electron chi connectivity index (χ1n) is 3.75. The lowest BCUT2D eigenvalue weighted by Crippen LogP contribution is -1.71. The van der Waals surface area contributed by atoms with Crippen molar-refractivity contribution in [3.63, 3.8) is 0 Å². The monoisotopic (exact) mass is 166 g/mol. The van der Waals surface area contributed by atoms with Gasteiger partial charge in [-0.3, -0.25) is 0 Å². The molecule has 60 valence electrons. The van der Waals surface area contributed by atoms with Crippen LogP contribution in [-0.4, -0.2) is 0 Å². The molecule has 0 fully saturated rings. The van der Waals surface area contributed by atoms with Gasteiger partial charge >= 0.3 is 0 Å². The van der Waals surface area contributed by atoms with Gasteiger partial charge in [-0.25, -0.2) is 0 Å². The van der Waals surface area contributed by atoms with E-state index in [1.807, 2.05) is 38.1 Å². The highest BCUT2D eigenvalue weighted by atomic mass is 32.1. The van der Waals surface area contributed by atoms with Crippen molar-refractivity contribution in [3.8, 4) is 0 Å². The third-order valence-corrected chi connectivity index (χ3v) is 1.56. The Hall–Kier alpha value is -0.690. The molecule has 0 atom stereocenters. The Morgan fingerprint density at radius 3 is 2.18 bits per heavy atom. The van der Waals surface area contributed by atoms with Crippen LogP contribution in [0.5, 0.6) is 0 Å². The van der Waals surface area contributed by atoms with Crippen molar-refractivity contribution in [1.29, 1.82) is 0 Å². The van der Waals surface area contributed by atoms with Crippen LogP contribution < -0.4 is 0 Å². The topological polar surface area (TPSA) is 0 Å². The molecule has 0 aliphatic carbocycles. The van der Waals surface area contributed by atoms with Crippen molar-refractivity contribution in [2.45, 2.75) is 18.7 Å². The molecule has 0 unspecified atom stereocenters. The molecule has 1 heteroatoms. The lowest BCUT2D eigenvalue weighted by Gasteiger charge is -1.94. The van der Waals surface area contributed by atoms with E-state index in [1.165, 1.54) is 0 Å². The Labute approximate surface area is 74.4 Å². The summed E-state index contributed by atoms with van der Waals surface area (Å²) >= 11 is 4.21. The molecule has 0 aliphatic heterocycles.